The van der Waals surface area contributed by atoms with Crippen LogP contribution >= 0.6 is 0 Å². The lowest BCUT2D eigenvalue weighted by Gasteiger charge is -2.12. The van der Waals surface area contributed by atoms with Crippen LogP contribution in [0.2, 0.25) is 0 Å². The van der Waals surface area contributed by atoms with E-state index in [4.69, 9.17) is 0 Å². The smallest absolute Gasteiger partial charge is 0.423 e. The van der Waals surface area contributed by atoms with Crippen molar-refractivity contribution in [3.05, 3.63) is 33.4 Å². The quantitative estimate of drug-likeness (QED) is 0.477. The number of nitro groups is 1. The zero-order valence-corrected chi connectivity index (χ0v) is 9.37. The molecule has 0 atom stereocenters. The van der Waals surface area contributed by atoms with Crippen LogP contribution in [0.25, 0.3) is 0 Å². The Hall–Kier alpha value is -2.12. The number of benzene rings is 1. The van der Waals surface area contributed by atoms with Crippen LogP contribution in [-0.4, -0.2) is 17.8 Å². The van der Waals surface area contributed by atoms with Gasteiger partial charge in [-0.15, -0.1) is 0 Å². The van der Waals surface area contributed by atoms with Crippen LogP contribution < -0.4 is 4.74 Å². The fourth-order valence-electron chi connectivity index (χ4n) is 1.44. The van der Waals surface area contributed by atoms with Crippen molar-refractivity contribution in [1.29, 1.82) is 0 Å². The zero-order chi connectivity index (χ0) is 14.1. The van der Waals surface area contributed by atoms with Crippen molar-refractivity contribution >= 4 is 11.5 Å². The first kappa shape index (κ1) is 13.9. The lowest BCUT2D eigenvalue weighted by Crippen LogP contribution is -2.15. The topological polar surface area (TPSA) is 69.4 Å². The molecular weight excluding hydrogens is 255 g/mol. The summed E-state index contributed by atoms with van der Waals surface area (Å²) in [5.41, 5.74) is -3.54. The minimum atomic E-state index is -4.99. The number of carbonyl (C=O) groups excluding carboxylic acids is 1. The number of ether oxygens (including phenoxy) is 1. The molecule has 5 nitrogen and oxygen atoms in total. The molecule has 0 N–H and O–H groups in total. The van der Waals surface area contributed by atoms with Gasteiger partial charge >= 0.3 is 6.18 Å². The third kappa shape index (κ3) is 2.58. The van der Waals surface area contributed by atoms with E-state index in [0.29, 0.717) is 6.07 Å². The molecule has 0 aliphatic carbocycles. The molecule has 0 unspecified atom stereocenters. The number of rotatable bonds is 3. The van der Waals surface area contributed by atoms with Crippen molar-refractivity contribution in [3.63, 3.8) is 0 Å². The largest absolute Gasteiger partial charge is 0.496 e. The molecule has 0 bridgehead atoms. The molecule has 1 aromatic rings. The Kier molecular flexibility index (Phi) is 3.59. The summed E-state index contributed by atoms with van der Waals surface area (Å²) in [7, 11) is 1.14. The monoisotopic (exact) mass is 263 g/mol. The van der Waals surface area contributed by atoms with Gasteiger partial charge in [-0.2, -0.15) is 13.2 Å². The highest BCUT2D eigenvalue weighted by atomic mass is 19.4. The number of alkyl halides is 3. The maximum atomic E-state index is 12.8. The van der Waals surface area contributed by atoms with Gasteiger partial charge in [-0.1, -0.05) is 0 Å². The number of Topliss-reactive ketones (excluding diaryl/α,β-unsaturated/α-hetero) is 1. The molecule has 1 rings (SSSR count). The molecule has 0 spiro atoms. The average Bonchev–Trinajstić information content (AvgIpc) is 2.25. The number of hydrogen-bond donors (Lipinski definition) is 0. The van der Waals surface area contributed by atoms with Crippen molar-refractivity contribution < 1.29 is 27.6 Å². The molecule has 0 heterocycles. The van der Waals surface area contributed by atoms with Gasteiger partial charge in [0, 0.05) is 5.56 Å². The van der Waals surface area contributed by atoms with Crippen LogP contribution in [0.15, 0.2) is 12.1 Å². The molecular formula is C10H8F3NO4. The number of halogens is 3. The van der Waals surface area contributed by atoms with Gasteiger partial charge in [0.2, 0.25) is 0 Å². The number of hydrogen-bond acceptors (Lipinski definition) is 4. The van der Waals surface area contributed by atoms with Crippen LogP contribution in [0.5, 0.6) is 5.75 Å². The zero-order valence-electron chi connectivity index (χ0n) is 9.37. The van der Waals surface area contributed by atoms with Gasteiger partial charge < -0.3 is 4.74 Å². The normalized spacial score (nSPS) is 11.2. The molecule has 8 heteroatoms. The van der Waals surface area contributed by atoms with Crippen LogP contribution in [0.3, 0.4) is 0 Å². The molecule has 0 saturated carbocycles. The van der Waals surface area contributed by atoms with Crippen LogP contribution in [0, 0.1) is 10.1 Å². The Balaban J connectivity index is 3.72. The second-order valence-electron chi connectivity index (χ2n) is 3.38. The van der Waals surface area contributed by atoms with Crippen LogP contribution in [0.1, 0.15) is 22.8 Å². The van der Waals surface area contributed by atoms with Crippen molar-refractivity contribution in [2.24, 2.45) is 0 Å². The minimum absolute atomic E-state index is 0.181. The van der Waals surface area contributed by atoms with E-state index < -0.39 is 33.7 Å². The van der Waals surface area contributed by atoms with E-state index in [0.717, 1.165) is 20.1 Å². The third-order valence-corrected chi connectivity index (χ3v) is 2.19. The first-order valence-electron chi connectivity index (χ1n) is 4.63. The Morgan fingerprint density at radius 3 is 2.28 bits per heavy atom. The first-order valence-corrected chi connectivity index (χ1v) is 4.63. The van der Waals surface area contributed by atoms with Crippen molar-refractivity contribution in [3.8, 4) is 5.75 Å². The third-order valence-electron chi connectivity index (χ3n) is 2.19. The maximum Gasteiger partial charge on any atom is 0.423 e. The lowest BCUT2D eigenvalue weighted by molar-refractivity contribution is -0.388. The summed E-state index contributed by atoms with van der Waals surface area (Å²) in [6, 6.07) is 1.47. The summed E-state index contributed by atoms with van der Waals surface area (Å²) in [6.07, 6.45) is -4.99. The van der Waals surface area contributed by atoms with Gasteiger partial charge in [-0.05, 0) is 13.0 Å². The van der Waals surface area contributed by atoms with Gasteiger partial charge in [-0.3, -0.25) is 14.9 Å². The fraction of sp³-hybridized carbons (Fsp3) is 0.300. The van der Waals surface area contributed by atoms with E-state index in [9.17, 15) is 28.1 Å². The summed E-state index contributed by atoms with van der Waals surface area (Å²) < 4.78 is 42.9. The van der Waals surface area contributed by atoms with Crippen LogP contribution in [-0.2, 0) is 6.18 Å². The van der Waals surface area contributed by atoms with Crippen molar-refractivity contribution in [1.82, 2.24) is 0 Å². The molecule has 0 fully saturated rings. The van der Waals surface area contributed by atoms with E-state index >= 15 is 0 Å². The summed E-state index contributed by atoms with van der Waals surface area (Å²) in [5, 5.41) is 10.7. The highest BCUT2D eigenvalue weighted by molar-refractivity contribution is 5.97. The molecule has 0 saturated heterocycles. The Labute approximate surface area is 99.3 Å². The van der Waals surface area contributed by atoms with Gasteiger partial charge in [0.05, 0.1) is 18.1 Å². The average molecular weight is 263 g/mol. The van der Waals surface area contributed by atoms with Crippen molar-refractivity contribution in [2.75, 3.05) is 7.11 Å². The summed E-state index contributed by atoms with van der Waals surface area (Å²) in [4.78, 5) is 20.6. The van der Waals surface area contributed by atoms with Crippen molar-refractivity contribution in [2.45, 2.75) is 13.1 Å². The number of nitrogens with zero attached hydrogens (tertiary/aromatic N) is 1. The summed E-state index contributed by atoms with van der Waals surface area (Å²) in [6.45, 7) is 0.897. The number of nitro benzene ring substituents is 1. The second kappa shape index (κ2) is 4.63. The second-order valence-corrected chi connectivity index (χ2v) is 3.38. The highest BCUT2D eigenvalue weighted by Gasteiger charge is 2.42. The standard InChI is InChI=1S/C10H8F3NO4/c1-5(15)7-3-6(18-2)4-8(14(16)17)9(7)10(11,12)13/h3-4H,1-2H3. The van der Waals surface area contributed by atoms with E-state index in [-0.39, 0.29) is 5.75 Å². The lowest BCUT2D eigenvalue weighted by atomic mass is 10.0. The molecule has 0 amide bonds. The summed E-state index contributed by atoms with van der Waals surface area (Å²) in [5.74, 6) is -1.11. The molecule has 18 heavy (non-hydrogen) atoms. The Morgan fingerprint density at radius 2 is 1.94 bits per heavy atom. The fourth-order valence-corrected chi connectivity index (χ4v) is 1.44. The highest BCUT2D eigenvalue weighted by Crippen LogP contribution is 2.40. The van der Waals surface area contributed by atoms with Gasteiger partial charge in [0.1, 0.15) is 11.3 Å². The molecule has 0 aliphatic rings. The van der Waals surface area contributed by atoms with Gasteiger partial charge in [-0.25, -0.2) is 0 Å². The van der Waals surface area contributed by atoms with Crippen LogP contribution in [0.4, 0.5) is 18.9 Å². The first-order chi connectivity index (χ1) is 8.18. The molecule has 1 aromatic carbocycles. The Bertz CT molecular complexity index is 475. The molecule has 98 valence electrons. The number of methoxy groups -OCH3 is 1. The molecule has 0 radical (unpaired) electrons. The SMILES string of the molecule is COc1cc(C(C)=O)c(C(F)(F)F)c([N+](=O)[O-])c1. The number of carbonyl (C=O) groups is 1. The maximum absolute atomic E-state index is 12.8. The van der Waals surface area contributed by atoms with E-state index in [1.54, 1.807) is 0 Å². The van der Waals surface area contributed by atoms with E-state index in [1.165, 1.54) is 0 Å². The van der Waals surface area contributed by atoms with E-state index in [1.807, 2.05) is 0 Å². The Morgan fingerprint density at radius 1 is 1.39 bits per heavy atom. The summed E-state index contributed by atoms with van der Waals surface area (Å²) >= 11 is 0. The minimum Gasteiger partial charge on any atom is -0.496 e. The predicted molar refractivity (Wildman–Crippen MR) is 54.7 cm³/mol. The van der Waals surface area contributed by atoms with Gasteiger partial charge in [0.15, 0.2) is 5.78 Å². The van der Waals surface area contributed by atoms with Gasteiger partial charge in [0.25, 0.3) is 5.69 Å². The molecule has 0 aliphatic heterocycles. The number of ketones is 1. The molecule has 0 aromatic heterocycles. The predicted octanol–water partition coefficient (Wildman–Crippen LogP) is 2.82. The van der Waals surface area contributed by atoms with E-state index in [2.05, 4.69) is 4.74 Å².